The number of hydrogen-bond donors (Lipinski definition) is 1. The molecule has 1 rings (SSSR count). The van der Waals surface area contributed by atoms with Crippen LogP contribution in [0.3, 0.4) is 0 Å². The fraction of sp³-hybridized carbons (Fsp3) is 0.750. The summed E-state index contributed by atoms with van der Waals surface area (Å²) in [6.07, 6.45) is 0.538. The van der Waals surface area contributed by atoms with Crippen molar-refractivity contribution >= 4 is 11.9 Å². The van der Waals surface area contributed by atoms with Gasteiger partial charge in [0.25, 0.3) is 0 Å². The second-order valence-corrected chi connectivity index (χ2v) is 3.21. The molecule has 1 atom stereocenters. The summed E-state index contributed by atoms with van der Waals surface area (Å²) in [5, 5.41) is 0. The molecule has 0 saturated carbocycles. The summed E-state index contributed by atoms with van der Waals surface area (Å²) in [5.41, 5.74) is 5.58. The van der Waals surface area contributed by atoms with Gasteiger partial charge in [-0.2, -0.15) is 0 Å². The van der Waals surface area contributed by atoms with Crippen LogP contribution >= 0.6 is 0 Å². The number of carbonyl (C=O) groups excluding carboxylic acids is 2. The van der Waals surface area contributed by atoms with Crippen molar-refractivity contribution in [2.75, 3.05) is 13.6 Å². The Bertz CT molecular complexity index is 229. The third-order valence-electron chi connectivity index (χ3n) is 2.16. The summed E-state index contributed by atoms with van der Waals surface area (Å²) >= 11 is 0. The molecule has 1 heterocycles. The minimum absolute atomic E-state index is 0.169. The number of nitrogens with two attached hydrogens (primary N) is 1. The highest BCUT2D eigenvalue weighted by Crippen LogP contribution is 2.12. The molecule has 1 unspecified atom stereocenters. The number of rotatable bonds is 2. The number of urea groups is 1. The lowest BCUT2D eigenvalue weighted by molar-refractivity contribution is -0.132. The van der Waals surface area contributed by atoms with E-state index in [0.29, 0.717) is 6.54 Å². The molecular formula is C8H15N3O2. The van der Waals surface area contributed by atoms with Crippen molar-refractivity contribution in [3.63, 3.8) is 0 Å². The van der Waals surface area contributed by atoms with Crippen LogP contribution < -0.4 is 5.73 Å². The van der Waals surface area contributed by atoms with E-state index in [-0.39, 0.29) is 18.4 Å². The number of nitrogens with zero attached hydrogens (tertiary/aromatic N) is 2. The van der Waals surface area contributed by atoms with Crippen LogP contribution in [0.15, 0.2) is 0 Å². The van der Waals surface area contributed by atoms with Gasteiger partial charge in [-0.05, 0) is 6.42 Å². The molecule has 1 aliphatic rings. The molecule has 3 amide bonds. The Kier molecular flexibility index (Phi) is 2.87. The fourth-order valence-electron chi connectivity index (χ4n) is 1.31. The summed E-state index contributed by atoms with van der Waals surface area (Å²) in [6, 6.07) is -0.286. The van der Waals surface area contributed by atoms with E-state index >= 15 is 0 Å². The van der Waals surface area contributed by atoms with Gasteiger partial charge in [0, 0.05) is 13.6 Å². The Labute approximate surface area is 77.5 Å². The SMILES string of the molecule is CCCN1C(=O)CC(N)N(C)C1=O. The van der Waals surface area contributed by atoms with Crippen molar-refractivity contribution in [2.45, 2.75) is 25.9 Å². The first-order valence-corrected chi connectivity index (χ1v) is 4.40. The van der Waals surface area contributed by atoms with Crippen molar-refractivity contribution in [3.05, 3.63) is 0 Å². The van der Waals surface area contributed by atoms with Crippen molar-refractivity contribution < 1.29 is 9.59 Å². The van der Waals surface area contributed by atoms with Gasteiger partial charge in [0.2, 0.25) is 5.91 Å². The van der Waals surface area contributed by atoms with E-state index in [1.165, 1.54) is 9.80 Å². The van der Waals surface area contributed by atoms with Gasteiger partial charge in [-0.1, -0.05) is 6.92 Å². The lowest BCUT2D eigenvalue weighted by atomic mass is 10.2. The van der Waals surface area contributed by atoms with Crippen molar-refractivity contribution in [2.24, 2.45) is 5.73 Å². The third kappa shape index (κ3) is 1.80. The van der Waals surface area contributed by atoms with Gasteiger partial charge in [-0.15, -0.1) is 0 Å². The average molecular weight is 185 g/mol. The molecule has 0 aromatic heterocycles. The Hall–Kier alpha value is -1.10. The van der Waals surface area contributed by atoms with Crippen LogP contribution in [0.25, 0.3) is 0 Å². The number of imide groups is 1. The average Bonchev–Trinajstić information content (AvgIpc) is 2.09. The standard InChI is InChI=1S/C8H15N3O2/c1-3-4-11-7(12)5-6(9)10(2)8(11)13/h6H,3-5,9H2,1-2H3. The Morgan fingerprint density at radius 3 is 2.69 bits per heavy atom. The van der Waals surface area contributed by atoms with E-state index in [2.05, 4.69) is 0 Å². The zero-order chi connectivity index (χ0) is 10.0. The molecule has 0 spiro atoms. The van der Waals surface area contributed by atoms with Gasteiger partial charge >= 0.3 is 6.03 Å². The smallest absolute Gasteiger partial charge is 0.312 e. The lowest BCUT2D eigenvalue weighted by Gasteiger charge is -2.35. The normalized spacial score (nSPS) is 24.1. The molecule has 5 nitrogen and oxygen atoms in total. The molecule has 0 aromatic carbocycles. The molecule has 2 N–H and O–H groups in total. The van der Waals surface area contributed by atoms with Gasteiger partial charge in [0.05, 0.1) is 12.6 Å². The largest absolute Gasteiger partial charge is 0.327 e. The second-order valence-electron chi connectivity index (χ2n) is 3.21. The highest BCUT2D eigenvalue weighted by Gasteiger charge is 2.33. The van der Waals surface area contributed by atoms with E-state index < -0.39 is 6.17 Å². The van der Waals surface area contributed by atoms with Crippen LogP contribution in [0, 0.1) is 0 Å². The molecule has 0 bridgehead atoms. The Morgan fingerprint density at radius 1 is 1.54 bits per heavy atom. The van der Waals surface area contributed by atoms with Crippen molar-refractivity contribution in [1.82, 2.24) is 9.80 Å². The van der Waals surface area contributed by atoms with Crippen LogP contribution in [0.5, 0.6) is 0 Å². The van der Waals surface area contributed by atoms with E-state index in [1.54, 1.807) is 7.05 Å². The van der Waals surface area contributed by atoms with Crippen LogP contribution in [0.4, 0.5) is 4.79 Å². The number of carbonyl (C=O) groups is 2. The summed E-state index contributed by atoms with van der Waals surface area (Å²) in [4.78, 5) is 25.5. The first-order valence-electron chi connectivity index (χ1n) is 4.40. The number of amides is 3. The zero-order valence-corrected chi connectivity index (χ0v) is 7.99. The zero-order valence-electron chi connectivity index (χ0n) is 7.99. The molecule has 1 saturated heterocycles. The summed E-state index contributed by atoms with van der Waals surface area (Å²) in [7, 11) is 1.61. The van der Waals surface area contributed by atoms with Crippen LogP contribution in [-0.2, 0) is 4.79 Å². The number of hydrogen-bond acceptors (Lipinski definition) is 3. The summed E-state index contributed by atoms with van der Waals surface area (Å²) in [5.74, 6) is -0.169. The quantitative estimate of drug-likeness (QED) is 0.656. The monoisotopic (exact) mass is 185 g/mol. The second kappa shape index (κ2) is 3.74. The molecule has 0 aromatic rings. The van der Waals surface area contributed by atoms with Crippen molar-refractivity contribution in [3.8, 4) is 0 Å². The highest BCUT2D eigenvalue weighted by atomic mass is 16.2. The van der Waals surface area contributed by atoms with Gasteiger partial charge < -0.3 is 10.6 Å². The molecule has 74 valence electrons. The summed E-state index contributed by atoms with van der Waals surface area (Å²) < 4.78 is 0. The molecule has 0 aliphatic carbocycles. The van der Waals surface area contributed by atoms with Gasteiger partial charge in [0.15, 0.2) is 0 Å². The van der Waals surface area contributed by atoms with E-state index in [1.807, 2.05) is 6.92 Å². The molecule has 0 radical (unpaired) electrons. The molecule has 1 aliphatic heterocycles. The maximum atomic E-state index is 11.5. The van der Waals surface area contributed by atoms with E-state index in [9.17, 15) is 9.59 Å². The van der Waals surface area contributed by atoms with Crippen LogP contribution in [0.2, 0.25) is 0 Å². The van der Waals surface area contributed by atoms with Crippen molar-refractivity contribution in [1.29, 1.82) is 0 Å². The third-order valence-corrected chi connectivity index (χ3v) is 2.16. The predicted molar refractivity (Wildman–Crippen MR) is 47.8 cm³/mol. The molecule has 5 heteroatoms. The first-order chi connectivity index (χ1) is 6.07. The minimum Gasteiger partial charge on any atom is -0.312 e. The summed E-state index contributed by atoms with van der Waals surface area (Å²) in [6.45, 7) is 2.41. The maximum absolute atomic E-state index is 11.5. The minimum atomic E-state index is -0.465. The maximum Gasteiger partial charge on any atom is 0.327 e. The fourth-order valence-corrected chi connectivity index (χ4v) is 1.31. The molecule has 1 fully saturated rings. The van der Waals surface area contributed by atoms with Crippen LogP contribution in [0.1, 0.15) is 19.8 Å². The Balaban J connectivity index is 2.73. The van der Waals surface area contributed by atoms with E-state index in [0.717, 1.165) is 6.42 Å². The van der Waals surface area contributed by atoms with Crippen LogP contribution in [-0.4, -0.2) is 41.5 Å². The topological polar surface area (TPSA) is 66.6 Å². The lowest BCUT2D eigenvalue weighted by Crippen LogP contribution is -2.58. The van der Waals surface area contributed by atoms with Gasteiger partial charge in [-0.25, -0.2) is 4.79 Å². The van der Waals surface area contributed by atoms with Gasteiger partial charge in [0.1, 0.15) is 0 Å². The Morgan fingerprint density at radius 2 is 2.15 bits per heavy atom. The first kappa shape index (κ1) is 9.98. The van der Waals surface area contributed by atoms with E-state index in [4.69, 9.17) is 5.73 Å². The molecule has 13 heavy (non-hydrogen) atoms. The predicted octanol–water partition coefficient (Wildman–Crippen LogP) is -0.0347. The highest BCUT2D eigenvalue weighted by molar-refractivity contribution is 5.97. The molecular weight excluding hydrogens is 170 g/mol. The van der Waals surface area contributed by atoms with Gasteiger partial charge in [-0.3, -0.25) is 9.69 Å².